The fraction of sp³-hybridized carbons (Fsp3) is 0. The van der Waals surface area contributed by atoms with Crippen LogP contribution in [0.1, 0.15) is 21.9 Å². The largest absolute Gasteiger partial charge is 0.456 e. The second-order valence-electron chi connectivity index (χ2n) is 23.7. The molecule has 2 heteroatoms. The molecule has 0 fully saturated rings. The summed E-state index contributed by atoms with van der Waals surface area (Å²) < 4.78 is 157. The normalized spacial score (nSPS) is 14.2. The lowest BCUT2D eigenvalue weighted by molar-refractivity contribution is 0.669. The molecule has 436 valence electrons. The molecule has 0 N–H and O–H groups in total. The summed E-state index contributed by atoms with van der Waals surface area (Å²) in [7, 11) is 0. The Morgan fingerprint density at radius 1 is 0.181 bits per heavy atom. The predicted octanol–water partition coefficient (Wildman–Crippen LogP) is 26.4. The van der Waals surface area contributed by atoms with Crippen LogP contribution in [0.5, 0.6) is 0 Å². The van der Waals surface area contributed by atoms with E-state index in [4.69, 9.17) is 19.8 Å². The first kappa shape index (κ1) is 39.7. The summed E-state index contributed by atoms with van der Waals surface area (Å²) in [5, 5.41) is 13.2. The fourth-order valence-corrected chi connectivity index (χ4v) is 14.2. The van der Waals surface area contributed by atoms with Crippen LogP contribution in [0.15, 0.2) is 348 Å². The smallest absolute Gasteiger partial charge is 0.136 e. The summed E-state index contributed by atoms with van der Waals surface area (Å²) >= 11 is 0. The highest BCUT2D eigenvalue weighted by Gasteiger charge is 2.21. The van der Waals surface area contributed by atoms with Crippen LogP contribution in [0.2, 0.25) is 0 Å². The van der Waals surface area contributed by atoms with E-state index in [1.807, 2.05) is 188 Å². The SMILES string of the molecule is [2H]c1c([2H])c([2H])c2c(-c3cccc4ccccc34)c3c([2H])c([2H])c([2H])c([2H])c3c(-c3ccc(-c4ccc5oc6cc7ccccc7cc6c5c4)cc3)c2c1[2H].[2H]c1c([2H])c([2H])c2c(-c3cccc4ccccc34)c3c([2H])c([2H])c([2H])c([2H])c3c(-c3cccc(-c4ccc5oc6cc7ccccc7cc6c5c4)c3)c2c1[2H]. The number of fused-ring (bicyclic) bond motifs is 14. The highest BCUT2D eigenvalue weighted by atomic mass is 16.3. The van der Waals surface area contributed by atoms with E-state index in [1.165, 1.54) is 0 Å². The van der Waals surface area contributed by atoms with Crippen LogP contribution >= 0.6 is 0 Å². The standard InChI is InChI=1S/2C46H28O/c1-2-13-32-28-44-42(26-31(32)12-1)41-27-33(23-24-43(41)47-44)30-15-9-16-34(25-30)45-37-18-5-7-20-39(37)46(40-21-8-6-19-38(40)45)36-22-10-14-29-11-3-4-17-35(29)36;1-2-12-33-28-44-42(26-32(33)11-1)41-27-34(24-25-43(41)47-44)29-20-22-31(23-21-29)45-37-15-5-7-17-39(37)46(40-18-8-6-16-38(40)45)36-19-9-13-30-10-3-4-14-35(30)36/h2*1-28H/i5D,6D,7D,8D,18D,19D,20D,21D;5D,6D,7D,8D,15D,16D,17D,18D. The van der Waals surface area contributed by atoms with Crippen LogP contribution < -0.4 is 0 Å². The van der Waals surface area contributed by atoms with Gasteiger partial charge >= 0.3 is 0 Å². The summed E-state index contributed by atoms with van der Waals surface area (Å²) in [6.45, 7) is 0. The van der Waals surface area contributed by atoms with Crippen molar-refractivity contribution in [2.75, 3.05) is 0 Å². The van der Waals surface area contributed by atoms with E-state index in [0.717, 1.165) is 109 Å². The predicted molar refractivity (Wildman–Crippen MR) is 400 cm³/mol. The van der Waals surface area contributed by atoms with Gasteiger partial charge in [-0.05, 0) is 208 Å². The zero-order chi connectivity index (χ0) is 75.7. The Hall–Kier alpha value is -12.4. The molecule has 0 amide bonds. The maximum atomic E-state index is 9.36. The molecule has 94 heavy (non-hydrogen) atoms. The van der Waals surface area contributed by atoms with E-state index in [9.17, 15) is 11.0 Å². The maximum Gasteiger partial charge on any atom is 0.136 e. The van der Waals surface area contributed by atoms with Gasteiger partial charge in [0.1, 0.15) is 22.3 Å². The Morgan fingerprint density at radius 3 is 0.936 bits per heavy atom. The summed E-state index contributed by atoms with van der Waals surface area (Å²) in [4.78, 5) is 0. The summed E-state index contributed by atoms with van der Waals surface area (Å²) in [6.07, 6.45) is 0. The quantitative estimate of drug-likeness (QED) is 0.155. The van der Waals surface area contributed by atoms with Gasteiger partial charge in [-0.25, -0.2) is 0 Å². The van der Waals surface area contributed by atoms with Crippen molar-refractivity contribution in [3.8, 4) is 66.8 Å². The molecule has 0 spiro atoms. The highest BCUT2D eigenvalue weighted by molar-refractivity contribution is 6.25. The molecule has 0 saturated heterocycles. The van der Waals surface area contributed by atoms with Crippen molar-refractivity contribution in [3.63, 3.8) is 0 Å². The minimum Gasteiger partial charge on any atom is -0.456 e. The molecule has 0 saturated carbocycles. The van der Waals surface area contributed by atoms with Crippen molar-refractivity contribution in [2.45, 2.75) is 0 Å². The molecule has 0 unspecified atom stereocenters. The summed E-state index contributed by atoms with van der Waals surface area (Å²) in [5.41, 5.74) is 10.3. The van der Waals surface area contributed by atoms with E-state index in [1.54, 1.807) is 0 Å². The average molecular weight is 1210 g/mol. The van der Waals surface area contributed by atoms with Gasteiger partial charge < -0.3 is 8.83 Å². The number of furan rings is 2. The Labute approximate surface area is 564 Å². The van der Waals surface area contributed by atoms with Crippen molar-refractivity contribution in [1.82, 2.24) is 0 Å². The average Bonchev–Trinajstić information content (AvgIpc) is 0.914. The minimum atomic E-state index is -0.427. The van der Waals surface area contributed by atoms with Crippen LogP contribution in [0, 0.1) is 0 Å². The molecule has 0 atom stereocenters. The highest BCUT2D eigenvalue weighted by Crippen LogP contribution is 2.49. The molecule has 18 aromatic carbocycles. The van der Waals surface area contributed by atoms with Gasteiger partial charge in [0.2, 0.25) is 0 Å². The molecule has 2 heterocycles. The lowest BCUT2D eigenvalue weighted by Crippen LogP contribution is -1.92. The third-order valence-corrected chi connectivity index (χ3v) is 18.5. The molecule has 0 bridgehead atoms. The van der Waals surface area contributed by atoms with Crippen molar-refractivity contribution in [3.05, 3.63) is 339 Å². The minimum absolute atomic E-state index is 0.187. The summed E-state index contributed by atoms with van der Waals surface area (Å²) in [5.74, 6) is 0. The molecule has 20 aromatic rings. The van der Waals surface area contributed by atoms with E-state index >= 15 is 0 Å². The second-order valence-corrected chi connectivity index (χ2v) is 23.7. The van der Waals surface area contributed by atoms with Gasteiger partial charge in [0.15, 0.2) is 0 Å². The van der Waals surface area contributed by atoms with Gasteiger partial charge in [-0.1, -0.05) is 285 Å². The molecule has 0 aliphatic heterocycles. The van der Waals surface area contributed by atoms with Gasteiger partial charge in [0.25, 0.3) is 0 Å². The monoisotopic (exact) mass is 1210 g/mol. The molecule has 0 aliphatic rings. The van der Waals surface area contributed by atoms with Gasteiger partial charge in [0.05, 0.1) is 21.9 Å². The Kier molecular flexibility index (Phi) is 9.15. The maximum absolute atomic E-state index is 9.36. The van der Waals surface area contributed by atoms with Gasteiger partial charge in [-0.15, -0.1) is 0 Å². The van der Waals surface area contributed by atoms with Gasteiger partial charge in [-0.2, -0.15) is 0 Å². The number of hydrogen-bond acceptors (Lipinski definition) is 2. The van der Waals surface area contributed by atoms with Crippen molar-refractivity contribution < 1.29 is 30.8 Å². The van der Waals surface area contributed by atoms with Crippen LogP contribution in [0.25, 0.3) is 197 Å². The molecular formula is C92H56O2. The number of hydrogen-bond donors (Lipinski definition) is 0. The lowest BCUT2D eigenvalue weighted by atomic mass is 9.84. The van der Waals surface area contributed by atoms with E-state index < -0.39 is 48.3 Å². The van der Waals surface area contributed by atoms with E-state index in [2.05, 4.69) is 54.6 Å². The van der Waals surface area contributed by atoms with Gasteiger partial charge in [-0.3, -0.25) is 0 Å². The van der Waals surface area contributed by atoms with Crippen LogP contribution in [0.4, 0.5) is 0 Å². The third-order valence-electron chi connectivity index (χ3n) is 18.5. The van der Waals surface area contributed by atoms with Gasteiger partial charge in [0, 0.05) is 21.5 Å². The Balaban J connectivity index is 0.000000149. The zero-order valence-electron chi connectivity index (χ0n) is 65.9. The number of benzene rings is 18. The molecule has 2 nitrogen and oxygen atoms in total. The van der Waals surface area contributed by atoms with Crippen LogP contribution in [0.3, 0.4) is 0 Å². The van der Waals surface area contributed by atoms with Crippen LogP contribution in [-0.2, 0) is 0 Å². The van der Waals surface area contributed by atoms with E-state index in [-0.39, 0.29) is 91.4 Å². The molecule has 0 aliphatic carbocycles. The molecule has 2 aromatic heterocycles. The number of rotatable bonds is 6. The first-order valence-electron chi connectivity index (χ1n) is 39.0. The Bertz CT molecular complexity index is 7320. The van der Waals surface area contributed by atoms with Crippen molar-refractivity contribution in [2.24, 2.45) is 0 Å². The first-order chi connectivity index (χ1) is 53.2. The van der Waals surface area contributed by atoms with Crippen LogP contribution in [-0.4, -0.2) is 0 Å². The first-order valence-corrected chi connectivity index (χ1v) is 31.0. The Morgan fingerprint density at radius 2 is 0.489 bits per heavy atom. The third kappa shape index (κ3) is 8.72. The molecule has 0 radical (unpaired) electrons. The molecular weight excluding hydrogens is 1140 g/mol. The topological polar surface area (TPSA) is 26.3 Å². The zero-order valence-corrected chi connectivity index (χ0v) is 49.9. The summed E-state index contributed by atoms with van der Waals surface area (Å²) in [6, 6.07) is 72.8. The lowest BCUT2D eigenvalue weighted by Gasteiger charge is -2.19. The fourth-order valence-electron chi connectivity index (χ4n) is 14.2. The second kappa shape index (κ2) is 21.7. The van der Waals surface area contributed by atoms with Crippen molar-refractivity contribution >= 4 is 130 Å². The van der Waals surface area contributed by atoms with E-state index in [0.29, 0.717) is 44.5 Å². The van der Waals surface area contributed by atoms with Crippen molar-refractivity contribution in [1.29, 1.82) is 0 Å². The molecule has 20 rings (SSSR count).